The van der Waals surface area contributed by atoms with Crippen LogP contribution in [0.15, 0.2) is 53.5 Å². The van der Waals surface area contributed by atoms with Gasteiger partial charge in [-0.1, -0.05) is 0 Å². The van der Waals surface area contributed by atoms with Crippen molar-refractivity contribution in [3.63, 3.8) is 0 Å². The molecule has 0 amide bonds. The summed E-state index contributed by atoms with van der Waals surface area (Å²) in [6.45, 7) is 0. The summed E-state index contributed by atoms with van der Waals surface area (Å²) >= 11 is 0. The molecule has 0 radical (unpaired) electrons. The fraction of sp³-hybridized carbons (Fsp3) is 0.316. The standard InChI is InChI=1S/C18H24N3.CH4O4S/c1-20(2)17-10-8-16(9-11-17)19-14-15-6-12-18(13-7-15)21(3,4)5;1-5-6(2,3)4/h6-14H,1-5H3;1H3,(H,2,3,4)/q+1;/p-1. The van der Waals surface area contributed by atoms with Crippen LogP contribution >= 0.6 is 0 Å². The monoisotopic (exact) mass is 393 g/mol. The van der Waals surface area contributed by atoms with Crippen molar-refractivity contribution in [2.75, 3.05) is 47.2 Å². The van der Waals surface area contributed by atoms with Crippen molar-refractivity contribution in [2.24, 2.45) is 4.99 Å². The Hall–Kier alpha value is -2.26. The Morgan fingerprint density at radius 2 is 1.48 bits per heavy atom. The third-order valence-electron chi connectivity index (χ3n) is 3.60. The molecule has 0 aliphatic heterocycles. The lowest BCUT2D eigenvalue weighted by Crippen LogP contribution is -2.34. The average Bonchev–Trinajstić information content (AvgIpc) is 2.60. The van der Waals surface area contributed by atoms with Gasteiger partial charge in [0.15, 0.2) is 0 Å². The number of rotatable bonds is 5. The molecule has 0 spiro atoms. The molecule has 7 nitrogen and oxygen atoms in total. The number of anilines is 1. The van der Waals surface area contributed by atoms with Crippen LogP contribution < -0.4 is 9.38 Å². The molecule has 0 saturated carbocycles. The maximum absolute atomic E-state index is 9.22. The van der Waals surface area contributed by atoms with Crippen molar-refractivity contribution in [2.45, 2.75) is 0 Å². The van der Waals surface area contributed by atoms with Crippen molar-refractivity contribution >= 4 is 33.7 Å². The fourth-order valence-electron chi connectivity index (χ4n) is 1.99. The Balaban J connectivity index is 0.000000527. The van der Waals surface area contributed by atoms with Crippen LogP contribution in [0.25, 0.3) is 0 Å². The van der Waals surface area contributed by atoms with Crippen LogP contribution in [0.3, 0.4) is 0 Å². The molecule has 0 N–H and O–H groups in total. The number of quaternary nitrogens is 1. The summed E-state index contributed by atoms with van der Waals surface area (Å²) in [5.41, 5.74) is 4.55. The Labute approximate surface area is 162 Å². The molecule has 0 saturated heterocycles. The third kappa shape index (κ3) is 8.78. The van der Waals surface area contributed by atoms with E-state index in [4.69, 9.17) is 0 Å². The van der Waals surface area contributed by atoms with Crippen molar-refractivity contribution in [3.05, 3.63) is 54.1 Å². The van der Waals surface area contributed by atoms with Gasteiger partial charge >= 0.3 is 0 Å². The molecule has 8 heteroatoms. The van der Waals surface area contributed by atoms with E-state index in [0.717, 1.165) is 22.8 Å². The molecule has 0 aliphatic rings. The first kappa shape index (κ1) is 22.8. The number of aliphatic imine (C=N–C) groups is 1. The molecule has 0 fully saturated rings. The normalized spacial score (nSPS) is 11.8. The summed E-state index contributed by atoms with van der Waals surface area (Å²) in [6.07, 6.45) is 1.91. The van der Waals surface area contributed by atoms with Crippen LogP contribution in [0, 0.1) is 0 Å². The summed E-state index contributed by atoms with van der Waals surface area (Å²) in [6, 6.07) is 16.7. The van der Waals surface area contributed by atoms with Gasteiger partial charge in [0.1, 0.15) is 5.69 Å². The minimum Gasteiger partial charge on any atom is -0.726 e. The highest BCUT2D eigenvalue weighted by molar-refractivity contribution is 7.80. The van der Waals surface area contributed by atoms with E-state index in [1.54, 1.807) is 0 Å². The van der Waals surface area contributed by atoms with Gasteiger partial charge in [-0.05, 0) is 54.1 Å². The molecule has 0 bridgehead atoms. The van der Waals surface area contributed by atoms with Gasteiger partial charge < -0.3 is 9.45 Å². The van der Waals surface area contributed by atoms with Crippen LogP contribution in [-0.2, 0) is 14.6 Å². The lowest BCUT2D eigenvalue weighted by molar-refractivity contribution is 0.314. The van der Waals surface area contributed by atoms with Crippen molar-refractivity contribution < 1.29 is 17.2 Å². The van der Waals surface area contributed by atoms with Crippen molar-refractivity contribution in [3.8, 4) is 0 Å². The van der Waals surface area contributed by atoms with Crippen LogP contribution in [0.4, 0.5) is 17.1 Å². The van der Waals surface area contributed by atoms with Crippen LogP contribution in [0.2, 0.25) is 0 Å². The topological polar surface area (TPSA) is 82.0 Å². The van der Waals surface area contributed by atoms with Gasteiger partial charge in [0.25, 0.3) is 0 Å². The van der Waals surface area contributed by atoms with Crippen molar-refractivity contribution in [1.82, 2.24) is 4.48 Å². The summed E-state index contributed by atoms with van der Waals surface area (Å²) in [7, 11) is 6.95. The molecule has 0 heterocycles. The highest BCUT2D eigenvalue weighted by atomic mass is 32.3. The molecular formula is C19H27N3O4S. The SMILES string of the molecule is CN(C)c1ccc(N=Cc2ccc([N+](C)(C)C)cc2)cc1.COS(=O)(=O)[O-]. The zero-order valence-corrected chi connectivity index (χ0v) is 17.4. The van der Waals surface area contributed by atoms with Gasteiger partial charge in [0.05, 0.1) is 33.9 Å². The molecule has 2 aromatic carbocycles. The van der Waals surface area contributed by atoms with E-state index in [1.807, 2.05) is 32.4 Å². The van der Waals surface area contributed by atoms with E-state index >= 15 is 0 Å². The van der Waals surface area contributed by atoms with Crippen LogP contribution in [-0.4, -0.2) is 61.5 Å². The molecule has 148 valence electrons. The number of nitrogens with zero attached hydrogens (tertiary/aromatic N) is 3. The molecule has 0 aromatic heterocycles. The minimum atomic E-state index is -4.41. The molecular weight excluding hydrogens is 366 g/mol. The highest BCUT2D eigenvalue weighted by Gasteiger charge is 2.10. The quantitative estimate of drug-likeness (QED) is 0.338. The lowest BCUT2D eigenvalue weighted by atomic mass is 10.2. The predicted molar refractivity (Wildman–Crippen MR) is 111 cm³/mol. The highest BCUT2D eigenvalue weighted by Crippen LogP contribution is 2.19. The smallest absolute Gasteiger partial charge is 0.217 e. The van der Waals surface area contributed by atoms with E-state index in [1.165, 1.54) is 11.4 Å². The molecule has 0 unspecified atom stereocenters. The first-order valence-corrected chi connectivity index (χ1v) is 9.50. The summed E-state index contributed by atoms with van der Waals surface area (Å²) in [5.74, 6) is 0. The van der Waals surface area contributed by atoms with E-state index in [0.29, 0.717) is 0 Å². The number of hydrogen-bond acceptors (Lipinski definition) is 6. The maximum Gasteiger partial charge on any atom is 0.217 e. The fourth-order valence-corrected chi connectivity index (χ4v) is 1.99. The predicted octanol–water partition coefficient (Wildman–Crippen LogP) is 2.79. The Morgan fingerprint density at radius 3 is 1.85 bits per heavy atom. The Morgan fingerprint density at radius 1 is 1.00 bits per heavy atom. The van der Waals surface area contributed by atoms with Crippen LogP contribution in [0.1, 0.15) is 5.56 Å². The van der Waals surface area contributed by atoms with Gasteiger partial charge in [0, 0.05) is 26.0 Å². The second kappa shape index (κ2) is 9.61. The summed E-state index contributed by atoms with van der Waals surface area (Å²) in [5, 5.41) is 0. The second-order valence-electron chi connectivity index (χ2n) is 6.85. The van der Waals surface area contributed by atoms with Crippen molar-refractivity contribution in [1.29, 1.82) is 0 Å². The largest absolute Gasteiger partial charge is 0.726 e. The average molecular weight is 394 g/mol. The molecule has 2 aromatic rings. The van der Waals surface area contributed by atoms with E-state index in [-0.39, 0.29) is 0 Å². The summed E-state index contributed by atoms with van der Waals surface area (Å²) < 4.78 is 31.8. The van der Waals surface area contributed by atoms with E-state index in [9.17, 15) is 13.0 Å². The first-order valence-electron chi connectivity index (χ1n) is 8.17. The van der Waals surface area contributed by atoms with Crippen LogP contribution in [0.5, 0.6) is 0 Å². The molecule has 0 aliphatic carbocycles. The Kier molecular flexibility index (Phi) is 8.11. The van der Waals surface area contributed by atoms with Gasteiger partial charge in [-0.25, -0.2) is 8.42 Å². The lowest BCUT2D eigenvalue weighted by Gasteiger charge is -2.23. The van der Waals surface area contributed by atoms with Gasteiger partial charge in [-0.15, -0.1) is 0 Å². The van der Waals surface area contributed by atoms with Gasteiger partial charge in [-0.3, -0.25) is 13.7 Å². The molecule has 2 rings (SSSR count). The maximum atomic E-state index is 9.22. The zero-order chi connectivity index (χ0) is 20.7. The molecule has 27 heavy (non-hydrogen) atoms. The number of hydrogen-bond donors (Lipinski definition) is 0. The van der Waals surface area contributed by atoms with E-state index in [2.05, 4.69) is 71.6 Å². The summed E-state index contributed by atoms with van der Waals surface area (Å²) in [4.78, 5) is 6.60. The number of benzene rings is 2. The third-order valence-corrected chi connectivity index (χ3v) is 4.01. The Bertz CT molecular complexity index is 838. The minimum absolute atomic E-state index is 0.808. The molecule has 0 atom stereocenters. The zero-order valence-electron chi connectivity index (χ0n) is 16.6. The van der Waals surface area contributed by atoms with E-state index < -0.39 is 10.4 Å². The second-order valence-corrected chi connectivity index (χ2v) is 8.00. The van der Waals surface area contributed by atoms with Gasteiger partial charge in [-0.2, -0.15) is 0 Å². The van der Waals surface area contributed by atoms with Gasteiger partial charge in [0.2, 0.25) is 10.4 Å². The first-order chi connectivity index (χ1) is 12.4.